The third-order valence-corrected chi connectivity index (χ3v) is 5.61. The fraction of sp³-hybridized carbons (Fsp3) is 0.333. The van der Waals surface area contributed by atoms with Crippen molar-refractivity contribution >= 4 is 13.6 Å². The molecule has 0 heterocycles. The van der Waals surface area contributed by atoms with Gasteiger partial charge in [-0.25, -0.2) is 0 Å². The number of halogens is 1. The van der Waals surface area contributed by atoms with Crippen LogP contribution in [0.25, 0.3) is 0 Å². The van der Waals surface area contributed by atoms with Crippen molar-refractivity contribution in [1.29, 1.82) is 0 Å². The zero-order valence-electron chi connectivity index (χ0n) is 8.49. The second-order valence-electron chi connectivity index (χ2n) is 2.86. The van der Waals surface area contributed by atoms with E-state index in [1.807, 2.05) is 0 Å². The molecular formula is C9H14FO3Si-. The zero-order chi connectivity index (χ0) is 10.7. The van der Waals surface area contributed by atoms with Crippen molar-refractivity contribution in [2.45, 2.75) is 0 Å². The van der Waals surface area contributed by atoms with Gasteiger partial charge in [-0.2, -0.15) is 0 Å². The monoisotopic (exact) mass is 217 g/mol. The molecule has 0 saturated heterocycles. The minimum atomic E-state index is -4.83. The summed E-state index contributed by atoms with van der Waals surface area (Å²) in [6, 6.07) is 8.38. The molecule has 5 heteroatoms. The van der Waals surface area contributed by atoms with Crippen LogP contribution in [0.2, 0.25) is 0 Å². The maximum absolute atomic E-state index is 14.6. The van der Waals surface area contributed by atoms with Gasteiger partial charge in [0.15, 0.2) is 0 Å². The van der Waals surface area contributed by atoms with Gasteiger partial charge in [0.05, 0.1) is 0 Å². The molecule has 3 nitrogen and oxygen atoms in total. The van der Waals surface area contributed by atoms with Gasteiger partial charge in [0.2, 0.25) is 0 Å². The third-order valence-electron chi connectivity index (χ3n) is 2.27. The van der Waals surface area contributed by atoms with E-state index in [1.54, 1.807) is 30.3 Å². The van der Waals surface area contributed by atoms with Crippen LogP contribution in [0.15, 0.2) is 30.3 Å². The van der Waals surface area contributed by atoms with Gasteiger partial charge < -0.3 is 0 Å². The molecule has 1 aromatic carbocycles. The summed E-state index contributed by atoms with van der Waals surface area (Å²) in [5.41, 5.74) is 0. The van der Waals surface area contributed by atoms with Gasteiger partial charge >= 0.3 is 82.6 Å². The summed E-state index contributed by atoms with van der Waals surface area (Å²) in [5.74, 6) is 0. The minimum absolute atomic E-state index is 0.306. The molecule has 0 aromatic heterocycles. The van der Waals surface area contributed by atoms with E-state index in [1.165, 1.54) is 21.3 Å². The van der Waals surface area contributed by atoms with Crippen LogP contribution in [0, 0.1) is 0 Å². The predicted molar refractivity (Wildman–Crippen MR) is 54.0 cm³/mol. The van der Waals surface area contributed by atoms with E-state index in [2.05, 4.69) is 0 Å². The van der Waals surface area contributed by atoms with Gasteiger partial charge in [-0.05, 0) is 0 Å². The van der Waals surface area contributed by atoms with Crippen LogP contribution >= 0.6 is 0 Å². The van der Waals surface area contributed by atoms with Crippen LogP contribution in [0.5, 0.6) is 0 Å². The first-order valence-corrected chi connectivity index (χ1v) is 6.29. The van der Waals surface area contributed by atoms with Crippen LogP contribution in [-0.2, 0) is 13.3 Å². The SMILES string of the molecule is CO[Si-](F)(OC)(OC)c1ccccc1. The van der Waals surface area contributed by atoms with Crippen molar-refractivity contribution in [1.82, 2.24) is 0 Å². The van der Waals surface area contributed by atoms with E-state index in [-0.39, 0.29) is 0 Å². The van der Waals surface area contributed by atoms with E-state index < -0.39 is 8.42 Å². The van der Waals surface area contributed by atoms with E-state index in [0.29, 0.717) is 5.19 Å². The van der Waals surface area contributed by atoms with Crippen LogP contribution in [0.1, 0.15) is 0 Å². The van der Waals surface area contributed by atoms with E-state index in [4.69, 9.17) is 13.3 Å². The Balaban J connectivity index is 3.25. The Bertz CT molecular complexity index is 289. The topological polar surface area (TPSA) is 27.7 Å². The molecule has 0 radical (unpaired) electrons. The zero-order valence-corrected chi connectivity index (χ0v) is 9.49. The van der Waals surface area contributed by atoms with Gasteiger partial charge in [0, 0.05) is 0 Å². The molecule has 0 aliphatic rings. The summed E-state index contributed by atoms with van der Waals surface area (Å²) in [6.07, 6.45) is 0. The Labute approximate surface area is 83.4 Å². The van der Waals surface area contributed by atoms with Gasteiger partial charge in [0.1, 0.15) is 0 Å². The molecule has 1 rings (SSSR count). The summed E-state index contributed by atoms with van der Waals surface area (Å²) in [7, 11) is -1.10. The first-order valence-electron chi connectivity index (χ1n) is 4.19. The molecule has 0 spiro atoms. The normalized spacial score (nSPS) is 14.7. The molecule has 0 unspecified atom stereocenters. The van der Waals surface area contributed by atoms with Crippen molar-refractivity contribution in [3.8, 4) is 0 Å². The number of hydrogen-bond acceptors (Lipinski definition) is 3. The van der Waals surface area contributed by atoms with Crippen LogP contribution in [0.3, 0.4) is 0 Å². The Morgan fingerprint density at radius 3 is 1.71 bits per heavy atom. The van der Waals surface area contributed by atoms with E-state index in [0.717, 1.165) is 0 Å². The molecule has 0 fully saturated rings. The standard InChI is InChI=1S/C9H14FO3Si/c1-11-14(10,12-2,13-3)9-7-5-4-6-8-9/h4-8H,1-3H3/q-1. The van der Waals surface area contributed by atoms with E-state index >= 15 is 0 Å². The van der Waals surface area contributed by atoms with Crippen LogP contribution < -0.4 is 5.19 Å². The summed E-state index contributed by atoms with van der Waals surface area (Å²) < 4.78 is 29.1. The van der Waals surface area contributed by atoms with Gasteiger partial charge in [0.25, 0.3) is 0 Å². The average Bonchev–Trinajstić information content (AvgIpc) is 2.30. The number of rotatable bonds is 4. The van der Waals surface area contributed by atoms with Crippen molar-refractivity contribution in [3.05, 3.63) is 30.3 Å². The molecule has 0 amide bonds. The maximum atomic E-state index is 14.6. The van der Waals surface area contributed by atoms with Gasteiger partial charge in [-0.15, -0.1) is 0 Å². The Hall–Kier alpha value is -0.753. The summed E-state index contributed by atoms with van der Waals surface area (Å²) >= 11 is 0. The number of hydrogen-bond donors (Lipinski definition) is 0. The van der Waals surface area contributed by atoms with Crippen molar-refractivity contribution < 1.29 is 17.4 Å². The summed E-state index contributed by atoms with van der Waals surface area (Å²) in [5, 5.41) is 0.306. The molecule has 80 valence electrons. The molecule has 0 aliphatic heterocycles. The molecule has 1 aromatic rings. The summed E-state index contributed by atoms with van der Waals surface area (Å²) in [4.78, 5) is 0. The second kappa shape index (κ2) is 3.78. The Morgan fingerprint density at radius 1 is 0.929 bits per heavy atom. The third kappa shape index (κ3) is 1.59. The van der Waals surface area contributed by atoms with Gasteiger partial charge in [-0.1, -0.05) is 0 Å². The molecule has 0 N–H and O–H groups in total. The van der Waals surface area contributed by atoms with Crippen LogP contribution in [-0.4, -0.2) is 29.7 Å². The summed E-state index contributed by atoms with van der Waals surface area (Å²) in [6.45, 7) is 0. The molecule has 0 aliphatic carbocycles. The molecule has 0 bridgehead atoms. The fourth-order valence-electron chi connectivity index (χ4n) is 1.31. The van der Waals surface area contributed by atoms with Crippen molar-refractivity contribution in [3.63, 3.8) is 0 Å². The molecule has 0 atom stereocenters. The van der Waals surface area contributed by atoms with Crippen molar-refractivity contribution in [2.24, 2.45) is 0 Å². The van der Waals surface area contributed by atoms with E-state index in [9.17, 15) is 4.11 Å². The molecular weight excluding hydrogens is 203 g/mol. The number of benzene rings is 1. The van der Waals surface area contributed by atoms with Gasteiger partial charge in [-0.3, -0.25) is 0 Å². The van der Waals surface area contributed by atoms with Crippen LogP contribution in [0.4, 0.5) is 4.11 Å². The molecule has 0 saturated carbocycles. The van der Waals surface area contributed by atoms with Crippen molar-refractivity contribution in [2.75, 3.05) is 21.3 Å². The Kier molecular flexibility index (Phi) is 3.06. The molecule has 14 heavy (non-hydrogen) atoms. The average molecular weight is 217 g/mol. The first kappa shape index (κ1) is 11.3. The quantitative estimate of drug-likeness (QED) is 0.560. The first-order chi connectivity index (χ1) is 6.59. The Morgan fingerprint density at radius 2 is 1.36 bits per heavy atom. The fourth-order valence-corrected chi connectivity index (χ4v) is 3.24. The second-order valence-corrected chi connectivity index (χ2v) is 6.43. The predicted octanol–water partition coefficient (Wildman–Crippen LogP) is 1.19.